The van der Waals surface area contributed by atoms with Gasteiger partial charge in [0, 0.05) is 6.42 Å². The molecule has 2 fully saturated rings. The predicted octanol–water partition coefficient (Wildman–Crippen LogP) is 1.88. The zero-order valence-electron chi connectivity index (χ0n) is 9.37. The van der Waals surface area contributed by atoms with Gasteiger partial charge in [-0.2, -0.15) is 0 Å². The van der Waals surface area contributed by atoms with Crippen LogP contribution in [0.4, 0.5) is 0 Å². The summed E-state index contributed by atoms with van der Waals surface area (Å²) in [4.78, 5) is 11.2. The molecule has 0 aromatic rings. The van der Waals surface area contributed by atoms with Gasteiger partial charge in [-0.1, -0.05) is 0 Å². The Balaban J connectivity index is 1.81. The lowest BCUT2D eigenvalue weighted by molar-refractivity contribution is -0.145. The number of hydrogen-bond acceptors (Lipinski definition) is 3. The second kappa shape index (κ2) is 4.12. The monoisotopic (exact) mass is 212 g/mol. The molecule has 86 valence electrons. The van der Waals surface area contributed by atoms with Crippen LogP contribution >= 0.6 is 0 Å². The smallest absolute Gasteiger partial charge is 0.305 e. The summed E-state index contributed by atoms with van der Waals surface area (Å²) < 4.78 is 4.88. The minimum atomic E-state index is -0.560. The molecule has 2 saturated carbocycles. The van der Waals surface area contributed by atoms with E-state index in [1.54, 1.807) is 0 Å². The van der Waals surface area contributed by atoms with Gasteiger partial charge in [0.2, 0.25) is 0 Å². The van der Waals surface area contributed by atoms with Crippen LogP contribution in [0.15, 0.2) is 0 Å². The lowest BCUT2D eigenvalue weighted by Crippen LogP contribution is -2.35. The summed E-state index contributed by atoms with van der Waals surface area (Å²) in [7, 11) is 0. The summed E-state index contributed by atoms with van der Waals surface area (Å²) in [6.07, 6.45) is 5.44. The molecule has 3 nitrogen and oxygen atoms in total. The van der Waals surface area contributed by atoms with Gasteiger partial charge in [0.1, 0.15) is 0 Å². The van der Waals surface area contributed by atoms with E-state index in [0.29, 0.717) is 31.3 Å². The zero-order valence-corrected chi connectivity index (χ0v) is 9.37. The van der Waals surface area contributed by atoms with Crippen LogP contribution in [-0.4, -0.2) is 23.3 Å². The van der Waals surface area contributed by atoms with E-state index in [9.17, 15) is 9.90 Å². The minimum absolute atomic E-state index is 0.173. The van der Waals surface area contributed by atoms with E-state index in [4.69, 9.17) is 4.74 Å². The van der Waals surface area contributed by atoms with Crippen LogP contribution in [0.5, 0.6) is 0 Å². The van der Waals surface area contributed by atoms with Crippen molar-refractivity contribution in [3.63, 3.8) is 0 Å². The van der Waals surface area contributed by atoms with E-state index in [1.807, 2.05) is 6.92 Å². The highest BCUT2D eigenvalue weighted by atomic mass is 16.5. The van der Waals surface area contributed by atoms with Gasteiger partial charge >= 0.3 is 5.97 Å². The van der Waals surface area contributed by atoms with Crippen LogP contribution < -0.4 is 0 Å². The molecular formula is C12H20O3. The fourth-order valence-corrected chi connectivity index (χ4v) is 3.27. The van der Waals surface area contributed by atoms with E-state index in [0.717, 1.165) is 12.8 Å². The fraction of sp³-hybridized carbons (Fsp3) is 0.917. The molecule has 0 aliphatic heterocycles. The molecule has 0 aromatic heterocycles. The fourth-order valence-electron chi connectivity index (χ4n) is 3.27. The number of hydrogen-bond donors (Lipinski definition) is 1. The number of carbonyl (C=O) groups excluding carboxylic acids is 1. The molecule has 3 heteroatoms. The third-order valence-corrected chi connectivity index (χ3v) is 4.01. The maximum absolute atomic E-state index is 11.2. The molecule has 3 unspecified atom stereocenters. The normalized spacial score (nSPS) is 38.3. The SMILES string of the molecule is CCOC(=O)CCC1(O)CC2CCC1C2. The Kier molecular flexibility index (Phi) is 3.01. The Morgan fingerprint density at radius 3 is 2.87 bits per heavy atom. The van der Waals surface area contributed by atoms with Gasteiger partial charge in [-0.15, -0.1) is 0 Å². The van der Waals surface area contributed by atoms with Gasteiger partial charge in [0.15, 0.2) is 0 Å². The van der Waals surface area contributed by atoms with Gasteiger partial charge in [-0.3, -0.25) is 4.79 Å². The van der Waals surface area contributed by atoms with Gasteiger partial charge in [-0.05, 0) is 50.9 Å². The molecule has 0 saturated heterocycles. The van der Waals surface area contributed by atoms with Crippen LogP contribution in [0.1, 0.15) is 45.4 Å². The minimum Gasteiger partial charge on any atom is -0.466 e. The first-order valence-corrected chi connectivity index (χ1v) is 6.02. The Labute approximate surface area is 90.8 Å². The maximum Gasteiger partial charge on any atom is 0.305 e. The van der Waals surface area contributed by atoms with Gasteiger partial charge in [0.05, 0.1) is 12.2 Å². The van der Waals surface area contributed by atoms with Crippen LogP contribution in [0.25, 0.3) is 0 Å². The molecule has 0 spiro atoms. The Morgan fingerprint density at radius 1 is 1.53 bits per heavy atom. The molecule has 2 rings (SSSR count). The molecule has 15 heavy (non-hydrogen) atoms. The molecule has 0 heterocycles. The Hall–Kier alpha value is -0.570. The van der Waals surface area contributed by atoms with Crippen LogP contribution in [0, 0.1) is 11.8 Å². The third-order valence-electron chi connectivity index (χ3n) is 4.01. The standard InChI is InChI=1S/C12H20O3/c1-2-15-11(13)5-6-12(14)8-9-3-4-10(12)7-9/h9-10,14H,2-8H2,1H3. The highest BCUT2D eigenvalue weighted by Crippen LogP contribution is 2.52. The predicted molar refractivity (Wildman–Crippen MR) is 56.3 cm³/mol. The number of fused-ring (bicyclic) bond motifs is 2. The van der Waals surface area contributed by atoms with Gasteiger partial charge in [0.25, 0.3) is 0 Å². The largest absolute Gasteiger partial charge is 0.466 e. The van der Waals surface area contributed by atoms with E-state index in [1.165, 1.54) is 12.8 Å². The first-order valence-electron chi connectivity index (χ1n) is 6.02. The van der Waals surface area contributed by atoms with Crippen molar-refractivity contribution in [1.82, 2.24) is 0 Å². The summed E-state index contributed by atoms with van der Waals surface area (Å²) in [5, 5.41) is 10.4. The lowest BCUT2D eigenvalue weighted by atomic mass is 9.81. The summed E-state index contributed by atoms with van der Waals surface area (Å²) in [6, 6.07) is 0. The summed E-state index contributed by atoms with van der Waals surface area (Å²) in [5.41, 5.74) is -0.560. The molecule has 0 amide bonds. The van der Waals surface area contributed by atoms with Crippen LogP contribution in [0.3, 0.4) is 0 Å². The summed E-state index contributed by atoms with van der Waals surface area (Å²) in [5.74, 6) is 0.979. The maximum atomic E-state index is 11.2. The van der Waals surface area contributed by atoms with E-state index >= 15 is 0 Å². The Morgan fingerprint density at radius 2 is 2.33 bits per heavy atom. The van der Waals surface area contributed by atoms with Gasteiger partial charge < -0.3 is 9.84 Å². The third kappa shape index (κ3) is 2.17. The highest BCUT2D eigenvalue weighted by Gasteiger charge is 2.49. The quantitative estimate of drug-likeness (QED) is 0.724. The van der Waals surface area contributed by atoms with Crippen molar-refractivity contribution in [1.29, 1.82) is 0 Å². The van der Waals surface area contributed by atoms with Crippen molar-refractivity contribution in [3.8, 4) is 0 Å². The first-order chi connectivity index (χ1) is 7.14. The van der Waals surface area contributed by atoms with Crippen molar-refractivity contribution >= 4 is 5.97 Å². The topological polar surface area (TPSA) is 46.5 Å². The molecule has 2 aliphatic rings. The first kappa shape index (κ1) is 10.9. The van der Waals surface area contributed by atoms with E-state index in [2.05, 4.69) is 0 Å². The molecule has 0 aromatic carbocycles. The number of aliphatic hydroxyl groups is 1. The Bertz CT molecular complexity index is 251. The second-order valence-electron chi connectivity index (χ2n) is 4.99. The number of ether oxygens (including phenoxy) is 1. The van der Waals surface area contributed by atoms with Crippen molar-refractivity contribution in [3.05, 3.63) is 0 Å². The van der Waals surface area contributed by atoms with E-state index in [-0.39, 0.29) is 5.97 Å². The average Bonchev–Trinajstić information content (AvgIpc) is 2.75. The molecule has 2 bridgehead atoms. The number of rotatable bonds is 4. The second-order valence-corrected chi connectivity index (χ2v) is 4.99. The molecule has 3 atom stereocenters. The van der Waals surface area contributed by atoms with Crippen molar-refractivity contribution in [2.45, 2.75) is 51.0 Å². The molecule has 1 N–H and O–H groups in total. The molecule has 2 aliphatic carbocycles. The highest BCUT2D eigenvalue weighted by molar-refractivity contribution is 5.69. The van der Waals surface area contributed by atoms with Crippen molar-refractivity contribution < 1.29 is 14.6 Å². The zero-order chi connectivity index (χ0) is 10.9. The van der Waals surface area contributed by atoms with Gasteiger partial charge in [-0.25, -0.2) is 0 Å². The lowest BCUT2D eigenvalue weighted by Gasteiger charge is -2.32. The van der Waals surface area contributed by atoms with Crippen molar-refractivity contribution in [2.24, 2.45) is 11.8 Å². The summed E-state index contributed by atoms with van der Waals surface area (Å²) >= 11 is 0. The molecular weight excluding hydrogens is 192 g/mol. The molecule has 0 radical (unpaired) electrons. The number of carbonyl (C=O) groups is 1. The number of esters is 1. The van der Waals surface area contributed by atoms with Crippen LogP contribution in [0.2, 0.25) is 0 Å². The van der Waals surface area contributed by atoms with Crippen molar-refractivity contribution in [2.75, 3.05) is 6.61 Å². The van der Waals surface area contributed by atoms with Crippen LogP contribution in [-0.2, 0) is 9.53 Å². The summed E-state index contributed by atoms with van der Waals surface area (Å²) in [6.45, 7) is 2.24. The van der Waals surface area contributed by atoms with E-state index < -0.39 is 5.60 Å². The average molecular weight is 212 g/mol.